The Morgan fingerprint density at radius 3 is 2.71 bits per heavy atom. The molecule has 0 atom stereocenters. The minimum atomic E-state index is 0.221. The average molecular weight is 382 g/mol. The molecule has 2 aromatic rings. The van der Waals surface area contributed by atoms with Crippen LogP contribution in [0.1, 0.15) is 12.0 Å². The topological polar surface area (TPSA) is 58.1 Å². The van der Waals surface area contributed by atoms with Crippen molar-refractivity contribution in [1.82, 2.24) is 14.8 Å². The van der Waals surface area contributed by atoms with Crippen LogP contribution in [0.5, 0.6) is 11.5 Å². The number of pyridine rings is 1. The zero-order valence-corrected chi connectivity index (χ0v) is 16.2. The molecule has 4 rings (SSSR count). The number of carbonyl (C=O) groups is 1. The van der Waals surface area contributed by atoms with Gasteiger partial charge in [-0.25, -0.2) is 4.98 Å². The zero-order valence-electron chi connectivity index (χ0n) is 16.2. The number of benzene rings is 1. The standard InChI is InChI=1S/C21H26N4O3/c1-23(15-17-5-6-18-19(14-17)28-16-27-18)9-7-21(26)25-12-10-24(11-13-25)20-4-2-3-8-22-20/h2-6,8,14H,7,9-13,15-16H2,1H3. The Bertz CT molecular complexity index is 807. The first-order valence-corrected chi connectivity index (χ1v) is 9.70. The van der Waals surface area contributed by atoms with Gasteiger partial charge in [-0.05, 0) is 36.9 Å². The molecule has 7 nitrogen and oxygen atoms in total. The Kier molecular flexibility index (Phi) is 5.62. The summed E-state index contributed by atoms with van der Waals surface area (Å²) in [5, 5.41) is 0. The van der Waals surface area contributed by atoms with Crippen molar-refractivity contribution in [3.05, 3.63) is 48.2 Å². The lowest BCUT2D eigenvalue weighted by Gasteiger charge is -2.35. The number of ether oxygens (including phenoxy) is 2. The molecule has 0 N–H and O–H groups in total. The SMILES string of the molecule is CN(CCC(=O)N1CCN(c2ccccn2)CC1)Cc1ccc2c(c1)OCO2. The average Bonchev–Trinajstić information content (AvgIpc) is 3.21. The maximum atomic E-state index is 12.6. The lowest BCUT2D eigenvalue weighted by molar-refractivity contribution is -0.131. The van der Waals surface area contributed by atoms with Gasteiger partial charge in [0.2, 0.25) is 12.7 Å². The van der Waals surface area contributed by atoms with Crippen LogP contribution in [0.25, 0.3) is 0 Å². The largest absolute Gasteiger partial charge is 0.454 e. The molecular formula is C21H26N4O3. The van der Waals surface area contributed by atoms with E-state index in [0.29, 0.717) is 6.42 Å². The number of piperazine rings is 1. The monoisotopic (exact) mass is 382 g/mol. The van der Waals surface area contributed by atoms with Gasteiger partial charge in [0, 0.05) is 51.9 Å². The number of anilines is 1. The third kappa shape index (κ3) is 4.36. The van der Waals surface area contributed by atoms with E-state index in [1.54, 1.807) is 0 Å². The van der Waals surface area contributed by atoms with E-state index in [9.17, 15) is 4.79 Å². The van der Waals surface area contributed by atoms with Crippen LogP contribution in [-0.4, -0.2) is 67.3 Å². The van der Waals surface area contributed by atoms with Crippen LogP contribution in [0.4, 0.5) is 5.82 Å². The van der Waals surface area contributed by atoms with Gasteiger partial charge in [0.15, 0.2) is 11.5 Å². The molecule has 0 bridgehead atoms. The number of hydrogen-bond acceptors (Lipinski definition) is 6. The molecule has 2 aliphatic heterocycles. The summed E-state index contributed by atoms with van der Waals surface area (Å²) in [7, 11) is 2.04. The Labute approximate surface area is 165 Å². The molecule has 1 fully saturated rings. The predicted octanol–water partition coefficient (Wildman–Crippen LogP) is 1.98. The summed E-state index contributed by atoms with van der Waals surface area (Å²) in [5.41, 5.74) is 1.16. The second-order valence-corrected chi connectivity index (χ2v) is 7.23. The van der Waals surface area contributed by atoms with Crippen molar-refractivity contribution in [1.29, 1.82) is 0 Å². The number of fused-ring (bicyclic) bond motifs is 1. The minimum Gasteiger partial charge on any atom is -0.454 e. The van der Waals surface area contributed by atoms with Crippen LogP contribution >= 0.6 is 0 Å². The van der Waals surface area contributed by atoms with Gasteiger partial charge in [-0.3, -0.25) is 4.79 Å². The van der Waals surface area contributed by atoms with Gasteiger partial charge >= 0.3 is 0 Å². The van der Waals surface area contributed by atoms with Crippen molar-refractivity contribution in [3.8, 4) is 11.5 Å². The molecule has 0 spiro atoms. The minimum absolute atomic E-state index is 0.221. The fourth-order valence-electron chi connectivity index (χ4n) is 3.60. The van der Waals surface area contributed by atoms with Gasteiger partial charge in [-0.2, -0.15) is 0 Å². The van der Waals surface area contributed by atoms with Crippen LogP contribution in [0.2, 0.25) is 0 Å². The summed E-state index contributed by atoms with van der Waals surface area (Å²) in [4.78, 5) is 23.3. The summed E-state index contributed by atoms with van der Waals surface area (Å²) < 4.78 is 10.8. The highest BCUT2D eigenvalue weighted by Gasteiger charge is 2.22. The molecule has 0 saturated carbocycles. The van der Waals surface area contributed by atoms with Crippen LogP contribution in [0, 0.1) is 0 Å². The fraction of sp³-hybridized carbons (Fsp3) is 0.429. The first kappa shape index (κ1) is 18.6. The fourth-order valence-corrected chi connectivity index (χ4v) is 3.60. The van der Waals surface area contributed by atoms with Gasteiger partial charge < -0.3 is 24.2 Å². The van der Waals surface area contributed by atoms with Crippen molar-refractivity contribution in [2.45, 2.75) is 13.0 Å². The highest BCUT2D eigenvalue weighted by Crippen LogP contribution is 2.32. The first-order chi connectivity index (χ1) is 13.7. The highest BCUT2D eigenvalue weighted by atomic mass is 16.7. The van der Waals surface area contributed by atoms with Crippen LogP contribution in [0.3, 0.4) is 0 Å². The molecule has 1 saturated heterocycles. The van der Waals surface area contributed by atoms with Crippen molar-refractivity contribution in [2.75, 3.05) is 51.5 Å². The molecular weight excluding hydrogens is 356 g/mol. The van der Waals surface area contributed by atoms with E-state index < -0.39 is 0 Å². The molecule has 0 radical (unpaired) electrons. The Morgan fingerprint density at radius 1 is 1.11 bits per heavy atom. The Balaban J connectivity index is 1.21. The maximum Gasteiger partial charge on any atom is 0.231 e. The lowest BCUT2D eigenvalue weighted by atomic mass is 10.2. The Hall–Kier alpha value is -2.80. The van der Waals surface area contributed by atoms with Crippen LogP contribution in [-0.2, 0) is 11.3 Å². The van der Waals surface area contributed by atoms with Crippen molar-refractivity contribution >= 4 is 11.7 Å². The van der Waals surface area contributed by atoms with E-state index in [-0.39, 0.29) is 12.7 Å². The van der Waals surface area contributed by atoms with Gasteiger partial charge in [-0.1, -0.05) is 12.1 Å². The number of carbonyl (C=O) groups excluding carboxylic acids is 1. The van der Waals surface area contributed by atoms with Crippen molar-refractivity contribution < 1.29 is 14.3 Å². The number of hydrogen-bond donors (Lipinski definition) is 0. The van der Waals surface area contributed by atoms with E-state index in [1.807, 2.05) is 54.5 Å². The third-order valence-corrected chi connectivity index (χ3v) is 5.20. The van der Waals surface area contributed by atoms with E-state index in [0.717, 1.165) is 62.1 Å². The molecule has 148 valence electrons. The second kappa shape index (κ2) is 8.48. The second-order valence-electron chi connectivity index (χ2n) is 7.23. The number of rotatable bonds is 6. The van der Waals surface area contributed by atoms with Gasteiger partial charge in [0.05, 0.1) is 0 Å². The lowest BCUT2D eigenvalue weighted by Crippen LogP contribution is -2.49. The molecule has 7 heteroatoms. The summed E-state index contributed by atoms with van der Waals surface area (Å²) in [6, 6.07) is 11.9. The summed E-state index contributed by atoms with van der Waals surface area (Å²) in [5.74, 6) is 2.80. The molecule has 1 aromatic carbocycles. The van der Waals surface area contributed by atoms with Crippen LogP contribution < -0.4 is 14.4 Å². The number of nitrogens with zero attached hydrogens (tertiary/aromatic N) is 4. The van der Waals surface area contributed by atoms with E-state index in [1.165, 1.54) is 0 Å². The predicted molar refractivity (Wildman–Crippen MR) is 107 cm³/mol. The molecule has 28 heavy (non-hydrogen) atoms. The van der Waals surface area contributed by atoms with E-state index in [4.69, 9.17) is 9.47 Å². The molecule has 3 heterocycles. The normalized spacial score (nSPS) is 15.9. The molecule has 0 aliphatic carbocycles. The van der Waals surface area contributed by atoms with Gasteiger partial charge in [-0.15, -0.1) is 0 Å². The van der Waals surface area contributed by atoms with Gasteiger partial charge in [0.25, 0.3) is 0 Å². The maximum absolute atomic E-state index is 12.6. The third-order valence-electron chi connectivity index (χ3n) is 5.20. The molecule has 0 unspecified atom stereocenters. The van der Waals surface area contributed by atoms with Crippen molar-refractivity contribution in [3.63, 3.8) is 0 Å². The quantitative estimate of drug-likeness (QED) is 0.762. The molecule has 1 aromatic heterocycles. The van der Waals surface area contributed by atoms with Crippen molar-refractivity contribution in [2.24, 2.45) is 0 Å². The van der Waals surface area contributed by atoms with E-state index in [2.05, 4.69) is 14.8 Å². The molecule has 2 aliphatic rings. The molecule has 1 amide bonds. The Morgan fingerprint density at radius 2 is 1.93 bits per heavy atom. The van der Waals surface area contributed by atoms with Gasteiger partial charge in [0.1, 0.15) is 5.82 Å². The summed E-state index contributed by atoms with van der Waals surface area (Å²) in [6.45, 7) is 4.95. The first-order valence-electron chi connectivity index (χ1n) is 9.70. The zero-order chi connectivity index (χ0) is 19.3. The highest BCUT2D eigenvalue weighted by molar-refractivity contribution is 5.76. The van der Waals surface area contributed by atoms with E-state index >= 15 is 0 Å². The smallest absolute Gasteiger partial charge is 0.231 e. The number of aromatic nitrogens is 1. The van der Waals surface area contributed by atoms with Crippen LogP contribution in [0.15, 0.2) is 42.6 Å². The number of amides is 1. The summed E-state index contributed by atoms with van der Waals surface area (Å²) >= 11 is 0. The summed E-state index contributed by atoms with van der Waals surface area (Å²) in [6.07, 6.45) is 2.34.